The quantitative estimate of drug-likeness (QED) is 0.788. The van der Waals surface area contributed by atoms with Crippen LogP contribution in [0.3, 0.4) is 0 Å². The van der Waals surface area contributed by atoms with Gasteiger partial charge in [-0.3, -0.25) is 0 Å². The predicted molar refractivity (Wildman–Crippen MR) is 75.0 cm³/mol. The SMILES string of the molecule is COc1c(C(C)C)ccc(C(C)C)c1CCON. The summed E-state index contributed by atoms with van der Waals surface area (Å²) in [6, 6.07) is 4.38. The van der Waals surface area contributed by atoms with Crippen LogP contribution in [0.1, 0.15) is 56.2 Å². The third-order valence-electron chi connectivity index (χ3n) is 3.25. The Hall–Kier alpha value is -1.06. The molecule has 1 rings (SSSR count). The summed E-state index contributed by atoms with van der Waals surface area (Å²) in [5, 5.41) is 0. The van der Waals surface area contributed by atoms with Gasteiger partial charge in [-0.15, -0.1) is 0 Å². The van der Waals surface area contributed by atoms with Gasteiger partial charge in [0.2, 0.25) is 0 Å². The van der Waals surface area contributed by atoms with Gasteiger partial charge in [-0.1, -0.05) is 39.8 Å². The van der Waals surface area contributed by atoms with Crippen LogP contribution >= 0.6 is 0 Å². The van der Waals surface area contributed by atoms with Crippen molar-refractivity contribution < 1.29 is 9.57 Å². The van der Waals surface area contributed by atoms with Crippen LogP contribution in [0.2, 0.25) is 0 Å². The average molecular weight is 251 g/mol. The summed E-state index contributed by atoms with van der Waals surface area (Å²) in [5.74, 6) is 7.05. The van der Waals surface area contributed by atoms with Crippen LogP contribution in [-0.2, 0) is 11.3 Å². The summed E-state index contributed by atoms with van der Waals surface area (Å²) in [6.45, 7) is 9.25. The molecule has 0 aliphatic rings. The number of ether oxygens (including phenoxy) is 1. The van der Waals surface area contributed by atoms with Crippen LogP contribution in [0.5, 0.6) is 5.75 Å². The van der Waals surface area contributed by atoms with Crippen molar-refractivity contribution in [3.8, 4) is 5.75 Å². The fourth-order valence-electron chi connectivity index (χ4n) is 2.32. The molecule has 2 N–H and O–H groups in total. The van der Waals surface area contributed by atoms with E-state index in [-0.39, 0.29) is 0 Å². The summed E-state index contributed by atoms with van der Waals surface area (Å²) in [7, 11) is 1.73. The third-order valence-corrected chi connectivity index (χ3v) is 3.25. The first-order valence-electron chi connectivity index (χ1n) is 6.54. The van der Waals surface area contributed by atoms with E-state index in [1.807, 2.05) is 0 Å². The highest BCUT2D eigenvalue weighted by Gasteiger charge is 2.17. The van der Waals surface area contributed by atoms with E-state index in [0.29, 0.717) is 18.4 Å². The molecule has 3 heteroatoms. The van der Waals surface area contributed by atoms with Gasteiger partial charge in [0.25, 0.3) is 0 Å². The number of nitrogens with two attached hydrogens (primary N) is 1. The lowest BCUT2D eigenvalue weighted by atomic mass is 9.89. The van der Waals surface area contributed by atoms with Gasteiger partial charge in [-0.05, 0) is 23.0 Å². The van der Waals surface area contributed by atoms with E-state index in [4.69, 9.17) is 15.5 Å². The fourth-order valence-corrected chi connectivity index (χ4v) is 2.32. The topological polar surface area (TPSA) is 44.5 Å². The molecule has 0 aliphatic heterocycles. The molecule has 0 unspecified atom stereocenters. The lowest BCUT2D eigenvalue weighted by molar-refractivity contribution is 0.140. The molecular weight excluding hydrogens is 226 g/mol. The highest BCUT2D eigenvalue weighted by Crippen LogP contribution is 2.35. The van der Waals surface area contributed by atoms with Gasteiger partial charge in [0, 0.05) is 12.0 Å². The first-order chi connectivity index (χ1) is 8.52. The maximum Gasteiger partial charge on any atom is 0.125 e. The number of hydrogen-bond acceptors (Lipinski definition) is 3. The molecule has 0 spiro atoms. The summed E-state index contributed by atoms with van der Waals surface area (Å²) in [4.78, 5) is 4.72. The molecule has 102 valence electrons. The fraction of sp³-hybridized carbons (Fsp3) is 0.600. The molecule has 0 radical (unpaired) electrons. The van der Waals surface area contributed by atoms with E-state index in [2.05, 4.69) is 39.8 Å². The van der Waals surface area contributed by atoms with E-state index >= 15 is 0 Å². The van der Waals surface area contributed by atoms with Crippen molar-refractivity contribution in [3.05, 3.63) is 28.8 Å². The Balaban J connectivity index is 3.31. The molecule has 1 aromatic rings. The molecule has 1 aromatic carbocycles. The molecule has 18 heavy (non-hydrogen) atoms. The van der Waals surface area contributed by atoms with E-state index < -0.39 is 0 Å². The minimum Gasteiger partial charge on any atom is -0.496 e. The van der Waals surface area contributed by atoms with Crippen LogP contribution in [0.25, 0.3) is 0 Å². The molecule has 0 bridgehead atoms. The maximum absolute atomic E-state index is 5.63. The molecule has 0 saturated heterocycles. The molecular formula is C15H25NO2. The van der Waals surface area contributed by atoms with Crippen molar-refractivity contribution in [3.63, 3.8) is 0 Å². The zero-order chi connectivity index (χ0) is 13.7. The molecule has 3 nitrogen and oxygen atoms in total. The molecule has 0 atom stereocenters. The van der Waals surface area contributed by atoms with Crippen molar-refractivity contribution in [2.45, 2.75) is 46.0 Å². The highest BCUT2D eigenvalue weighted by molar-refractivity contribution is 5.49. The Bertz CT molecular complexity index is 386. The Kier molecular flexibility index (Phi) is 5.63. The standard InChI is InChI=1S/C15H25NO2/c1-10(2)12-6-7-13(11(3)4)15(17-5)14(12)8-9-18-16/h6-7,10-11H,8-9,16H2,1-5H3. The van der Waals surface area contributed by atoms with Crippen molar-refractivity contribution >= 4 is 0 Å². The minimum atomic E-state index is 0.443. The van der Waals surface area contributed by atoms with E-state index in [1.54, 1.807) is 7.11 Å². The smallest absolute Gasteiger partial charge is 0.125 e. The average Bonchev–Trinajstić information content (AvgIpc) is 2.34. The second-order valence-electron chi connectivity index (χ2n) is 5.19. The molecule has 0 fully saturated rings. The van der Waals surface area contributed by atoms with Crippen molar-refractivity contribution in [1.29, 1.82) is 0 Å². The van der Waals surface area contributed by atoms with Crippen LogP contribution < -0.4 is 10.6 Å². The van der Waals surface area contributed by atoms with Gasteiger partial charge in [0.05, 0.1) is 13.7 Å². The van der Waals surface area contributed by atoms with Crippen molar-refractivity contribution in [1.82, 2.24) is 0 Å². The highest BCUT2D eigenvalue weighted by atomic mass is 16.6. The van der Waals surface area contributed by atoms with Gasteiger partial charge < -0.3 is 9.57 Å². The summed E-state index contributed by atoms with van der Waals surface area (Å²) in [5.41, 5.74) is 3.78. The third kappa shape index (κ3) is 3.24. The Morgan fingerprint density at radius 3 is 2.06 bits per heavy atom. The Labute approximate surface area is 110 Å². The largest absolute Gasteiger partial charge is 0.496 e. The molecule has 0 heterocycles. The first kappa shape index (κ1) is 15.0. The lowest BCUT2D eigenvalue weighted by Gasteiger charge is -2.21. The van der Waals surface area contributed by atoms with Crippen molar-refractivity contribution in [2.75, 3.05) is 13.7 Å². The maximum atomic E-state index is 5.63. The van der Waals surface area contributed by atoms with Gasteiger partial charge >= 0.3 is 0 Å². The van der Waals surface area contributed by atoms with Crippen LogP contribution in [0, 0.1) is 0 Å². The summed E-state index contributed by atoms with van der Waals surface area (Å²) in [6.07, 6.45) is 0.785. The molecule has 0 aromatic heterocycles. The Morgan fingerprint density at radius 2 is 1.61 bits per heavy atom. The van der Waals surface area contributed by atoms with Crippen LogP contribution in [0.4, 0.5) is 0 Å². The zero-order valence-electron chi connectivity index (χ0n) is 12.1. The van der Waals surface area contributed by atoms with Crippen molar-refractivity contribution in [2.24, 2.45) is 5.90 Å². The van der Waals surface area contributed by atoms with Gasteiger partial charge in [0.1, 0.15) is 5.75 Å². The summed E-state index contributed by atoms with van der Waals surface area (Å²) < 4.78 is 5.63. The number of benzene rings is 1. The number of hydrogen-bond donors (Lipinski definition) is 1. The summed E-state index contributed by atoms with van der Waals surface area (Å²) >= 11 is 0. The van der Waals surface area contributed by atoms with E-state index in [0.717, 1.165) is 12.2 Å². The monoisotopic (exact) mass is 251 g/mol. The van der Waals surface area contributed by atoms with E-state index in [9.17, 15) is 0 Å². The van der Waals surface area contributed by atoms with Gasteiger partial charge in [-0.25, -0.2) is 5.90 Å². The number of rotatable bonds is 6. The molecule has 0 amide bonds. The lowest BCUT2D eigenvalue weighted by Crippen LogP contribution is -2.09. The predicted octanol–water partition coefficient (Wildman–Crippen LogP) is 3.37. The van der Waals surface area contributed by atoms with Crippen LogP contribution in [-0.4, -0.2) is 13.7 Å². The van der Waals surface area contributed by atoms with Gasteiger partial charge in [-0.2, -0.15) is 0 Å². The minimum absolute atomic E-state index is 0.443. The van der Waals surface area contributed by atoms with Crippen LogP contribution in [0.15, 0.2) is 12.1 Å². The molecule has 0 aliphatic carbocycles. The zero-order valence-corrected chi connectivity index (χ0v) is 12.1. The number of methoxy groups -OCH3 is 1. The van der Waals surface area contributed by atoms with E-state index in [1.165, 1.54) is 16.7 Å². The second-order valence-corrected chi connectivity index (χ2v) is 5.19. The Morgan fingerprint density at radius 1 is 1.06 bits per heavy atom. The molecule has 0 saturated carbocycles. The second kappa shape index (κ2) is 6.76. The normalized spacial score (nSPS) is 11.3. The van der Waals surface area contributed by atoms with Gasteiger partial charge in [0.15, 0.2) is 0 Å². The first-order valence-corrected chi connectivity index (χ1v) is 6.54.